The number of hydrogen-bond acceptors (Lipinski definition) is 4. The number of nitrogens with one attached hydrogen (secondary N) is 2. The van der Waals surface area contributed by atoms with Crippen molar-refractivity contribution in [1.29, 1.82) is 0 Å². The van der Waals surface area contributed by atoms with Gasteiger partial charge in [-0.25, -0.2) is 0 Å². The van der Waals surface area contributed by atoms with Crippen LogP contribution in [0.25, 0.3) is 0 Å². The molecular formula is C22H44N4O2. The molecule has 0 aromatic carbocycles. The van der Waals surface area contributed by atoms with Crippen LogP contribution >= 0.6 is 0 Å². The SMILES string of the molecule is CCCOC1(CNC(=NC)NC2CCN(CCOC(C)C)CC2)CCCCC1. The number of hydrogen-bond donors (Lipinski definition) is 2. The molecule has 6 heteroatoms. The highest BCUT2D eigenvalue weighted by Gasteiger charge is 2.33. The highest BCUT2D eigenvalue weighted by molar-refractivity contribution is 5.80. The van der Waals surface area contributed by atoms with Crippen LogP contribution in [0, 0.1) is 0 Å². The summed E-state index contributed by atoms with van der Waals surface area (Å²) in [5.74, 6) is 0.923. The van der Waals surface area contributed by atoms with E-state index in [0.29, 0.717) is 12.1 Å². The smallest absolute Gasteiger partial charge is 0.191 e. The molecule has 1 saturated heterocycles. The van der Waals surface area contributed by atoms with Crippen molar-refractivity contribution in [3.8, 4) is 0 Å². The zero-order valence-electron chi connectivity index (χ0n) is 18.8. The first-order chi connectivity index (χ1) is 13.6. The molecule has 2 aliphatic rings. The van der Waals surface area contributed by atoms with Crippen molar-refractivity contribution < 1.29 is 9.47 Å². The Morgan fingerprint density at radius 3 is 2.46 bits per heavy atom. The molecule has 164 valence electrons. The predicted octanol–water partition coefficient (Wildman–Crippen LogP) is 3.17. The van der Waals surface area contributed by atoms with E-state index in [1.807, 2.05) is 7.05 Å². The van der Waals surface area contributed by atoms with Crippen molar-refractivity contribution in [3.63, 3.8) is 0 Å². The highest BCUT2D eigenvalue weighted by atomic mass is 16.5. The lowest BCUT2D eigenvalue weighted by molar-refractivity contribution is -0.0657. The summed E-state index contributed by atoms with van der Waals surface area (Å²) in [6.07, 6.45) is 9.91. The molecule has 0 unspecified atom stereocenters. The van der Waals surface area contributed by atoms with Crippen molar-refractivity contribution in [3.05, 3.63) is 0 Å². The fourth-order valence-electron chi connectivity index (χ4n) is 4.24. The van der Waals surface area contributed by atoms with Crippen LogP contribution in [-0.4, -0.2) is 75.0 Å². The largest absolute Gasteiger partial charge is 0.377 e. The Hall–Kier alpha value is -0.850. The topological polar surface area (TPSA) is 58.1 Å². The summed E-state index contributed by atoms with van der Waals surface area (Å²) >= 11 is 0. The molecule has 0 spiro atoms. The van der Waals surface area contributed by atoms with Crippen molar-refractivity contribution in [2.24, 2.45) is 4.99 Å². The Morgan fingerprint density at radius 2 is 1.86 bits per heavy atom. The van der Waals surface area contributed by atoms with E-state index in [-0.39, 0.29) is 5.60 Å². The Labute approximate surface area is 172 Å². The first kappa shape index (κ1) is 23.4. The zero-order chi connectivity index (χ0) is 20.2. The van der Waals surface area contributed by atoms with Crippen molar-refractivity contribution >= 4 is 5.96 Å². The maximum atomic E-state index is 6.31. The molecule has 0 aromatic rings. The van der Waals surface area contributed by atoms with E-state index in [0.717, 1.165) is 77.5 Å². The van der Waals surface area contributed by atoms with Gasteiger partial charge in [0.2, 0.25) is 0 Å². The monoisotopic (exact) mass is 396 g/mol. The van der Waals surface area contributed by atoms with Gasteiger partial charge in [-0.2, -0.15) is 0 Å². The van der Waals surface area contributed by atoms with Gasteiger partial charge >= 0.3 is 0 Å². The first-order valence-corrected chi connectivity index (χ1v) is 11.5. The number of aliphatic imine (C=N–C) groups is 1. The molecule has 2 rings (SSSR count). The van der Waals surface area contributed by atoms with Crippen LogP contribution in [0.1, 0.15) is 72.1 Å². The van der Waals surface area contributed by atoms with Gasteiger partial charge in [-0.1, -0.05) is 26.2 Å². The van der Waals surface area contributed by atoms with E-state index in [1.54, 1.807) is 0 Å². The number of nitrogens with zero attached hydrogens (tertiary/aromatic N) is 2. The lowest BCUT2D eigenvalue weighted by Crippen LogP contribution is -2.53. The van der Waals surface area contributed by atoms with Gasteiger partial charge in [0.1, 0.15) is 0 Å². The van der Waals surface area contributed by atoms with Crippen LogP contribution in [0.4, 0.5) is 0 Å². The van der Waals surface area contributed by atoms with Gasteiger partial charge in [-0.3, -0.25) is 4.99 Å². The molecule has 1 aliphatic carbocycles. The van der Waals surface area contributed by atoms with Gasteiger partial charge < -0.3 is 25.0 Å². The van der Waals surface area contributed by atoms with Crippen LogP contribution in [-0.2, 0) is 9.47 Å². The van der Waals surface area contributed by atoms with Gasteiger partial charge in [0.05, 0.1) is 18.3 Å². The predicted molar refractivity (Wildman–Crippen MR) is 117 cm³/mol. The molecule has 0 atom stereocenters. The molecule has 0 radical (unpaired) electrons. The molecule has 1 aliphatic heterocycles. The van der Waals surface area contributed by atoms with Crippen LogP contribution in [0.5, 0.6) is 0 Å². The number of rotatable bonds is 10. The van der Waals surface area contributed by atoms with Gasteiger partial charge in [0.15, 0.2) is 5.96 Å². The molecule has 0 amide bonds. The third-order valence-electron chi connectivity index (χ3n) is 5.97. The first-order valence-electron chi connectivity index (χ1n) is 11.5. The number of likely N-dealkylation sites (tertiary alicyclic amines) is 1. The summed E-state index contributed by atoms with van der Waals surface area (Å²) in [5, 5.41) is 7.21. The van der Waals surface area contributed by atoms with Crippen molar-refractivity contribution in [1.82, 2.24) is 15.5 Å². The average Bonchev–Trinajstić information content (AvgIpc) is 2.71. The molecule has 2 N–H and O–H groups in total. The summed E-state index contributed by atoms with van der Waals surface area (Å²) in [4.78, 5) is 6.98. The molecule has 0 aromatic heterocycles. The molecule has 0 bridgehead atoms. The Morgan fingerprint density at radius 1 is 1.14 bits per heavy atom. The minimum absolute atomic E-state index is 0.00828. The normalized spacial score (nSPS) is 21.8. The summed E-state index contributed by atoms with van der Waals surface area (Å²) < 4.78 is 12.0. The second kappa shape index (κ2) is 12.7. The van der Waals surface area contributed by atoms with Crippen LogP contribution < -0.4 is 10.6 Å². The Balaban J connectivity index is 1.72. The maximum Gasteiger partial charge on any atom is 0.191 e. The fraction of sp³-hybridized carbons (Fsp3) is 0.955. The van der Waals surface area contributed by atoms with Crippen LogP contribution in [0.3, 0.4) is 0 Å². The van der Waals surface area contributed by atoms with Crippen molar-refractivity contribution in [2.45, 2.75) is 89.9 Å². The van der Waals surface area contributed by atoms with E-state index in [1.165, 1.54) is 19.3 Å². The van der Waals surface area contributed by atoms with E-state index in [9.17, 15) is 0 Å². The molecular weight excluding hydrogens is 352 g/mol. The summed E-state index contributed by atoms with van der Waals surface area (Å²) in [5.41, 5.74) is -0.00828. The molecule has 1 saturated carbocycles. The number of guanidine groups is 1. The van der Waals surface area contributed by atoms with Gasteiger partial charge in [0.25, 0.3) is 0 Å². The van der Waals surface area contributed by atoms with E-state index in [4.69, 9.17) is 9.47 Å². The Kier molecular flexibility index (Phi) is 10.6. The lowest BCUT2D eigenvalue weighted by Gasteiger charge is -2.38. The summed E-state index contributed by atoms with van der Waals surface area (Å²) in [7, 11) is 1.87. The summed E-state index contributed by atoms with van der Waals surface area (Å²) in [6.45, 7) is 12.2. The van der Waals surface area contributed by atoms with Gasteiger partial charge in [-0.05, 0) is 46.0 Å². The second-order valence-corrected chi connectivity index (χ2v) is 8.70. The minimum atomic E-state index is -0.00828. The van der Waals surface area contributed by atoms with E-state index >= 15 is 0 Å². The van der Waals surface area contributed by atoms with Crippen molar-refractivity contribution in [2.75, 3.05) is 46.4 Å². The minimum Gasteiger partial charge on any atom is -0.377 e. The third kappa shape index (κ3) is 8.26. The highest BCUT2D eigenvalue weighted by Crippen LogP contribution is 2.31. The summed E-state index contributed by atoms with van der Waals surface area (Å²) in [6, 6.07) is 0.493. The standard InChI is InChI=1S/C22H44N4O2/c1-5-16-28-22(11-7-6-8-12-22)18-24-21(23-4)25-20-9-13-26(14-10-20)15-17-27-19(2)3/h19-20H,5-18H2,1-4H3,(H2,23,24,25). The van der Waals surface area contributed by atoms with Crippen LogP contribution in [0.15, 0.2) is 4.99 Å². The number of piperidine rings is 1. The van der Waals surface area contributed by atoms with Gasteiger partial charge in [0, 0.05) is 45.9 Å². The maximum absolute atomic E-state index is 6.31. The molecule has 2 fully saturated rings. The van der Waals surface area contributed by atoms with Crippen LogP contribution in [0.2, 0.25) is 0 Å². The molecule has 28 heavy (non-hydrogen) atoms. The van der Waals surface area contributed by atoms with Gasteiger partial charge in [-0.15, -0.1) is 0 Å². The molecule has 1 heterocycles. The number of ether oxygens (including phenoxy) is 2. The average molecular weight is 397 g/mol. The third-order valence-corrected chi connectivity index (χ3v) is 5.97. The Bertz CT molecular complexity index is 442. The lowest BCUT2D eigenvalue weighted by atomic mass is 9.84. The van der Waals surface area contributed by atoms with E-state index < -0.39 is 0 Å². The second-order valence-electron chi connectivity index (χ2n) is 8.70. The quantitative estimate of drug-likeness (QED) is 0.439. The zero-order valence-corrected chi connectivity index (χ0v) is 18.8. The fourth-order valence-corrected chi connectivity index (χ4v) is 4.24. The molecule has 6 nitrogen and oxygen atoms in total. The van der Waals surface area contributed by atoms with E-state index in [2.05, 4.69) is 41.3 Å².